The normalized spacial score (nSPS) is 16.6. The number of carbonyl (C=O) groups excluding carboxylic acids is 2. The fraction of sp³-hybridized carbons (Fsp3) is 0.474. The van der Waals surface area contributed by atoms with Crippen LogP contribution in [0, 0.1) is 5.92 Å². The summed E-state index contributed by atoms with van der Waals surface area (Å²) in [6.07, 6.45) is 7.57. The van der Waals surface area contributed by atoms with Crippen LogP contribution < -0.4 is 0 Å². The molecular weight excluding hydrogens is 290 g/mol. The first-order chi connectivity index (χ1) is 11.1. The topological polar surface area (TPSA) is 59.2 Å². The van der Waals surface area contributed by atoms with E-state index in [-0.39, 0.29) is 17.7 Å². The van der Waals surface area contributed by atoms with Crippen LogP contribution in [0.25, 0.3) is 10.9 Å². The summed E-state index contributed by atoms with van der Waals surface area (Å²) >= 11 is 0. The van der Waals surface area contributed by atoms with Gasteiger partial charge in [-0.1, -0.05) is 37.8 Å². The number of H-pyrrole nitrogens is 1. The Labute approximate surface area is 136 Å². The zero-order chi connectivity index (χ0) is 16.4. The van der Waals surface area contributed by atoms with E-state index in [1.54, 1.807) is 6.92 Å². The van der Waals surface area contributed by atoms with E-state index in [0.29, 0.717) is 11.5 Å². The highest BCUT2D eigenvalue weighted by Gasteiger charge is 2.29. The van der Waals surface area contributed by atoms with Crippen molar-refractivity contribution >= 4 is 22.7 Å². The van der Waals surface area contributed by atoms with Crippen LogP contribution in [0.15, 0.2) is 24.4 Å². The van der Waals surface area contributed by atoms with Crippen LogP contribution in [-0.4, -0.2) is 23.8 Å². The lowest BCUT2D eigenvalue weighted by atomic mass is 9.87. The number of Topliss-reactive ketones (excluding diaryl/α,β-unsaturated/α-hetero) is 1. The number of para-hydroxylation sites is 1. The van der Waals surface area contributed by atoms with Gasteiger partial charge in [0.05, 0.1) is 18.5 Å². The van der Waals surface area contributed by atoms with Crippen molar-refractivity contribution in [1.82, 2.24) is 4.98 Å². The maximum Gasteiger partial charge on any atom is 0.313 e. The fourth-order valence-electron chi connectivity index (χ4n) is 3.83. The Morgan fingerprint density at radius 2 is 2.04 bits per heavy atom. The molecule has 0 spiro atoms. The number of hydrogen-bond acceptors (Lipinski definition) is 3. The minimum atomic E-state index is -0.265. The smallest absolute Gasteiger partial charge is 0.313 e. The van der Waals surface area contributed by atoms with Crippen LogP contribution in [0.4, 0.5) is 0 Å². The molecule has 1 atom stereocenters. The number of ketones is 1. The van der Waals surface area contributed by atoms with Gasteiger partial charge in [-0.15, -0.1) is 0 Å². The molecule has 4 nitrogen and oxygen atoms in total. The van der Waals surface area contributed by atoms with Crippen molar-refractivity contribution in [3.63, 3.8) is 0 Å². The van der Waals surface area contributed by atoms with Gasteiger partial charge in [0, 0.05) is 17.1 Å². The van der Waals surface area contributed by atoms with Gasteiger partial charge >= 0.3 is 5.97 Å². The molecule has 2 aromatic rings. The van der Waals surface area contributed by atoms with Gasteiger partial charge in [0.25, 0.3) is 0 Å². The Balaban J connectivity index is 2.01. The second-order valence-corrected chi connectivity index (χ2v) is 6.49. The lowest BCUT2D eigenvalue weighted by Crippen LogP contribution is -2.17. The van der Waals surface area contributed by atoms with E-state index < -0.39 is 0 Å². The molecule has 1 aliphatic rings. The first kappa shape index (κ1) is 15.8. The van der Waals surface area contributed by atoms with Crippen molar-refractivity contribution in [2.75, 3.05) is 7.11 Å². The molecule has 1 saturated carbocycles. The number of esters is 1. The molecule has 0 amide bonds. The number of methoxy groups -OCH3 is 1. The number of aromatic nitrogens is 1. The molecular formula is C19H23NO3. The number of aromatic amines is 1. The quantitative estimate of drug-likeness (QED) is 0.664. The fourth-order valence-corrected chi connectivity index (χ4v) is 3.83. The molecule has 3 rings (SSSR count). The summed E-state index contributed by atoms with van der Waals surface area (Å²) in [4.78, 5) is 27.3. The third-order valence-electron chi connectivity index (χ3n) is 5.03. The second kappa shape index (κ2) is 6.57. The highest BCUT2D eigenvalue weighted by atomic mass is 16.5. The summed E-state index contributed by atoms with van der Waals surface area (Å²) in [5.41, 5.74) is 2.43. The predicted molar refractivity (Wildman–Crippen MR) is 89.6 cm³/mol. The van der Waals surface area contributed by atoms with Gasteiger partial charge in [-0.25, -0.2) is 0 Å². The van der Waals surface area contributed by atoms with Gasteiger partial charge in [0.2, 0.25) is 0 Å². The Morgan fingerprint density at radius 3 is 2.70 bits per heavy atom. The van der Waals surface area contributed by atoms with Gasteiger partial charge in [-0.3, -0.25) is 9.59 Å². The van der Waals surface area contributed by atoms with Crippen molar-refractivity contribution in [2.24, 2.45) is 5.92 Å². The number of hydrogen-bond donors (Lipinski definition) is 1. The Morgan fingerprint density at radius 1 is 1.30 bits per heavy atom. The largest absolute Gasteiger partial charge is 0.469 e. The molecule has 1 unspecified atom stereocenters. The van der Waals surface area contributed by atoms with Gasteiger partial charge in [0.15, 0.2) is 5.78 Å². The Bertz CT molecular complexity index is 725. The molecule has 1 aromatic heterocycles. The van der Waals surface area contributed by atoms with Gasteiger partial charge in [-0.2, -0.15) is 0 Å². The van der Waals surface area contributed by atoms with E-state index in [9.17, 15) is 9.59 Å². The average molecular weight is 313 g/mol. The summed E-state index contributed by atoms with van der Waals surface area (Å²) in [6, 6.07) is 5.66. The van der Waals surface area contributed by atoms with Crippen LogP contribution in [0.3, 0.4) is 0 Å². The summed E-state index contributed by atoms with van der Waals surface area (Å²) in [7, 11) is 1.44. The SMILES string of the molecule is COC(=O)C(CC1CCCC1)c1c[nH]c2c(C(C)=O)cccc12. The van der Waals surface area contributed by atoms with E-state index >= 15 is 0 Å². The summed E-state index contributed by atoms with van der Waals surface area (Å²) in [5.74, 6) is 0.152. The minimum absolute atomic E-state index is 0.0226. The van der Waals surface area contributed by atoms with Crippen molar-refractivity contribution in [1.29, 1.82) is 0 Å². The molecule has 0 radical (unpaired) electrons. The molecule has 1 fully saturated rings. The van der Waals surface area contributed by atoms with E-state index in [4.69, 9.17) is 4.74 Å². The summed E-state index contributed by atoms with van der Waals surface area (Å²) < 4.78 is 5.05. The van der Waals surface area contributed by atoms with Crippen LogP contribution in [-0.2, 0) is 9.53 Å². The van der Waals surface area contributed by atoms with Crippen molar-refractivity contribution in [3.05, 3.63) is 35.5 Å². The third kappa shape index (κ3) is 3.03. The van der Waals surface area contributed by atoms with Crippen molar-refractivity contribution in [3.8, 4) is 0 Å². The highest BCUT2D eigenvalue weighted by Crippen LogP contribution is 2.37. The number of nitrogens with one attached hydrogen (secondary N) is 1. The molecule has 0 aliphatic heterocycles. The number of fused-ring (bicyclic) bond motifs is 1. The first-order valence-electron chi connectivity index (χ1n) is 8.30. The van der Waals surface area contributed by atoms with Gasteiger partial charge in [0.1, 0.15) is 0 Å². The summed E-state index contributed by atoms with van der Waals surface area (Å²) in [5, 5.41) is 0.950. The average Bonchev–Trinajstić information content (AvgIpc) is 3.20. The highest BCUT2D eigenvalue weighted by molar-refractivity contribution is 6.07. The zero-order valence-electron chi connectivity index (χ0n) is 13.7. The van der Waals surface area contributed by atoms with Crippen LogP contribution in [0.2, 0.25) is 0 Å². The summed E-state index contributed by atoms with van der Waals surface area (Å²) in [6.45, 7) is 1.56. The number of rotatable bonds is 5. The molecule has 4 heteroatoms. The maximum atomic E-state index is 12.4. The van der Waals surface area contributed by atoms with E-state index in [0.717, 1.165) is 22.9 Å². The predicted octanol–water partition coefficient (Wildman–Crippen LogP) is 4.21. The first-order valence-corrected chi connectivity index (χ1v) is 8.30. The molecule has 1 heterocycles. The Hall–Kier alpha value is -2.10. The zero-order valence-corrected chi connectivity index (χ0v) is 13.7. The Kier molecular flexibility index (Phi) is 4.51. The van der Waals surface area contributed by atoms with Crippen molar-refractivity contribution < 1.29 is 14.3 Å². The monoisotopic (exact) mass is 313 g/mol. The molecule has 23 heavy (non-hydrogen) atoms. The minimum Gasteiger partial charge on any atom is -0.469 e. The number of carbonyl (C=O) groups is 2. The second-order valence-electron chi connectivity index (χ2n) is 6.49. The third-order valence-corrected chi connectivity index (χ3v) is 5.03. The standard InChI is InChI=1S/C19H23NO3/c1-12(21)14-8-5-9-15-17(11-20-18(14)15)16(19(22)23-2)10-13-6-3-4-7-13/h5,8-9,11,13,16,20H,3-4,6-7,10H2,1-2H3. The molecule has 0 bridgehead atoms. The van der Waals surface area contributed by atoms with Crippen LogP contribution >= 0.6 is 0 Å². The van der Waals surface area contributed by atoms with E-state index in [1.807, 2.05) is 24.4 Å². The van der Waals surface area contributed by atoms with Gasteiger partial charge < -0.3 is 9.72 Å². The maximum absolute atomic E-state index is 12.4. The number of ether oxygens (including phenoxy) is 1. The lowest BCUT2D eigenvalue weighted by Gasteiger charge is -2.18. The van der Waals surface area contributed by atoms with Crippen molar-refractivity contribution in [2.45, 2.75) is 44.9 Å². The molecule has 0 saturated heterocycles. The lowest BCUT2D eigenvalue weighted by molar-refractivity contribution is -0.142. The number of benzene rings is 1. The molecule has 1 N–H and O–H groups in total. The van der Waals surface area contributed by atoms with E-state index in [1.165, 1.54) is 32.8 Å². The van der Waals surface area contributed by atoms with Crippen LogP contribution in [0.5, 0.6) is 0 Å². The van der Waals surface area contributed by atoms with E-state index in [2.05, 4.69) is 4.98 Å². The van der Waals surface area contributed by atoms with Crippen LogP contribution in [0.1, 0.15) is 60.9 Å². The molecule has 1 aromatic carbocycles. The van der Waals surface area contributed by atoms with Gasteiger partial charge in [-0.05, 0) is 30.9 Å². The molecule has 1 aliphatic carbocycles. The molecule has 122 valence electrons.